The molecule has 2 aliphatic carbocycles. The van der Waals surface area contributed by atoms with Gasteiger partial charge in [-0.05, 0) is 98.2 Å². The predicted molar refractivity (Wildman–Crippen MR) is 215 cm³/mol. The standard InChI is InChI=1S/C45H48N6O7/c1-44(2,27-7-12-32(13-8-27)57-24-30-19-20-46-43(48-30)50-25-45(26-50)22-31(52)23-45)28-9-14-33(15-10-28)58-38-6-4-3-5-36(38)47-29-11-16-34-35(21-29)42(56)51(41(34)55)37-17-18-39(53)49-40(37)54/h7-16,19-21,31,36-38,47,52H,3-6,17-18,22-26H2,1-2H3,(H,49,53,54). The number of benzene rings is 3. The molecule has 1 aromatic heterocycles. The Labute approximate surface area is 337 Å². The van der Waals surface area contributed by atoms with E-state index in [9.17, 15) is 24.3 Å². The molecule has 4 amide bonds. The number of carbonyl (C=O) groups excluding carboxylic acids is 4. The number of hydrogen-bond acceptors (Lipinski definition) is 11. The highest BCUT2D eigenvalue weighted by Crippen LogP contribution is 2.49. The van der Waals surface area contributed by atoms with Crippen LogP contribution in [0.5, 0.6) is 11.5 Å². The fourth-order valence-corrected chi connectivity index (χ4v) is 9.31. The summed E-state index contributed by atoms with van der Waals surface area (Å²) in [5.41, 5.74) is 4.28. The van der Waals surface area contributed by atoms with Gasteiger partial charge in [0.1, 0.15) is 30.3 Å². The minimum atomic E-state index is -1.00. The zero-order valence-electron chi connectivity index (χ0n) is 32.8. The monoisotopic (exact) mass is 784 g/mol. The quantitative estimate of drug-likeness (QED) is 0.164. The first kappa shape index (κ1) is 37.7. The molecule has 9 rings (SSSR count). The lowest BCUT2D eigenvalue weighted by Crippen LogP contribution is -2.64. The summed E-state index contributed by atoms with van der Waals surface area (Å²) >= 11 is 0. The van der Waals surface area contributed by atoms with Crippen molar-refractivity contribution < 1.29 is 33.8 Å². The number of aliphatic hydroxyl groups excluding tert-OH is 1. The number of rotatable bonds is 11. The highest BCUT2D eigenvalue weighted by atomic mass is 16.5. The van der Waals surface area contributed by atoms with Gasteiger partial charge in [0.15, 0.2) is 0 Å². The van der Waals surface area contributed by atoms with Gasteiger partial charge < -0.3 is 24.8 Å². The van der Waals surface area contributed by atoms with Crippen LogP contribution >= 0.6 is 0 Å². The van der Waals surface area contributed by atoms with Gasteiger partial charge in [0.25, 0.3) is 11.8 Å². The predicted octanol–water partition coefficient (Wildman–Crippen LogP) is 5.55. The van der Waals surface area contributed by atoms with Crippen molar-refractivity contribution in [2.75, 3.05) is 23.3 Å². The molecule has 3 N–H and O–H groups in total. The second kappa shape index (κ2) is 14.8. The number of carbonyl (C=O) groups is 4. The third kappa shape index (κ3) is 7.16. The zero-order valence-corrected chi connectivity index (χ0v) is 32.8. The van der Waals surface area contributed by atoms with Crippen LogP contribution < -0.4 is 25.0 Å². The minimum absolute atomic E-state index is 0.0191. The Kier molecular flexibility index (Phi) is 9.66. The Morgan fingerprint density at radius 2 is 1.55 bits per heavy atom. The molecule has 5 aliphatic rings. The molecule has 4 aromatic rings. The van der Waals surface area contributed by atoms with Crippen LogP contribution in [0.3, 0.4) is 0 Å². The number of piperidine rings is 1. The maximum atomic E-state index is 13.4. The van der Waals surface area contributed by atoms with Crippen molar-refractivity contribution in [3.05, 3.63) is 107 Å². The van der Waals surface area contributed by atoms with E-state index < -0.39 is 29.7 Å². The van der Waals surface area contributed by atoms with Gasteiger partial charge in [-0.15, -0.1) is 0 Å². The smallest absolute Gasteiger partial charge is 0.262 e. The number of ether oxygens (including phenoxy) is 2. The van der Waals surface area contributed by atoms with Gasteiger partial charge >= 0.3 is 0 Å². The number of fused-ring (bicyclic) bond motifs is 1. The lowest BCUT2D eigenvalue weighted by Gasteiger charge is -2.57. The van der Waals surface area contributed by atoms with Crippen molar-refractivity contribution in [3.8, 4) is 11.5 Å². The molecule has 3 aliphatic heterocycles. The molecule has 58 heavy (non-hydrogen) atoms. The highest BCUT2D eigenvalue weighted by Gasteiger charge is 2.52. The van der Waals surface area contributed by atoms with Crippen LogP contribution in [0.1, 0.15) is 103 Å². The van der Waals surface area contributed by atoms with E-state index in [4.69, 9.17) is 14.5 Å². The van der Waals surface area contributed by atoms with Gasteiger partial charge in [-0.3, -0.25) is 29.4 Å². The van der Waals surface area contributed by atoms with Crippen molar-refractivity contribution in [1.82, 2.24) is 20.2 Å². The van der Waals surface area contributed by atoms with Crippen molar-refractivity contribution >= 4 is 35.3 Å². The van der Waals surface area contributed by atoms with Crippen LogP contribution in [0.25, 0.3) is 0 Å². The number of aromatic nitrogens is 2. The van der Waals surface area contributed by atoms with E-state index in [-0.39, 0.29) is 53.0 Å². The lowest BCUT2D eigenvalue weighted by molar-refractivity contribution is -0.136. The molecular formula is C45H48N6O7. The van der Waals surface area contributed by atoms with E-state index in [0.29, 0.717) is 18.2 Å². The van der Waals surface area contributed by atoms with Crippen LogP contribution in [0.2, 0.25) is 0 Å². The average molecular weight is 785 g/mol. The Bertz CT molecular complexity index is 2250. The molecule has 0 radical (unpaired) electrons. The number of hydrogen-bond donors (Lipinski definition) is 3. The Balaban J connectivity index is 0.800. The second-order valence-electron chi connectivity index (χ2n) is 17.1. The summed E-state index contributed by atoms with van der Waals surface area (Å²) in [7, 11) is 0. The van der Waals surface area contributed by atoms with Crippen molar-refractivity contribution in [2.24, 2.45) is 5.41 Å². The molecule has 4 fully saturated rings. The molecule has 3 atom stereocenters. The average Bonchev–Trinajstić information content (AvgIpc) is 3.44. The molecule has 3 aromatic carbocycles. The molecule has 13 nitrogen and oxygen atoms in total. The van der Waals surface area contributed by atoms with E-state index in [1.807, 2.05) is 30.3 Å². The summed E-state index contributed by atoms with van der Waals surface area (Å²) in [4.78, 5) is 63.1. The molecule has 4 heterocycles. The third-order valence-corrected chi connectivity index (χ3v) is 12.7. The van der Waals surface area contributed by atoms with Gasteiger partial charge in [-0.2, -0.15) is 0 Å². The van der Waals surface area contributed by atoms with Crippen LogP contribution in [-0.2, 0) is 21.6 Å². The number of amides is 4. The highest BCUT2D eigenvalue weighted by molar-refractivity contribution is 6.23. The number of nitrogens with zero attached hydrogens (tertiary/aromatic N) is 4. The number of imide groups is 2. The van der Waals surface area contributed by atoms with Gasteiger partial charge in [0, 0.05) is 42.2 Å². The Morgan fingerprint density at radius 1 is 0.862 bits per heavy atom. The molecule has 1 spiro atoms. The summed E-state index contributed by atoms with van der Waals surface area (Å²) in [5.74, 6) is 0.184. The summed E-state index contributed by atoms with van der Waals surface area (Å²) in [5, 5.41) is 15.5. The first-order valence-electron chi connectivity index (χ1n) is 20.3. The summed E-state index contributed by atoms with van der Waals surface area (Å²) < 4.78 is 12.7. The summed E-state index contributed by atoms with van der Waals surface area (Å²) in [6.07, 6.45) is 7.27. The van der Waals surface area contributed by atoms with Crippen molar-refractivity contribution in [1.29, 1.82) is 0 Å². The molecule has 0 bridgehead atoms. The van der Waals surface area contributed by atoms with E-state index in [0.717, 1.165) is 84.8 Å². The molecular weight excluding hydrogens is 737 g/mol. The van der Waals surface area contributed by atoms with Crippen molar-refractivity contribution in [2.45, 2.75) is 102 Å². The molecule has 3 unspecified atom stereocenters. The Hall–Kier alpha value is -5.82. The van der Waals surface area contributed by atoms with Crippen molar-refractivity contribution in [3.63, 3.8) is 0 Å². The largest absolute Gasteiger partial charge is 0.488 e. The third-order valence-electron chi connectivity index (χ3n) is 12.7. The summed E-state index contributed by atoms with van der Waals surface area (Å²) in [6, 6.07) is 22.4. The molecule has 2 saturated carbocycles. The molecule has 300 valence electrons. The SMILES string of the molecule is CC(C)(c1ccc(OCc2ccnc(N3CC4(CC(O)C4)C3)n2)cc1)c1ccc(OC2CCCCC2Nc2ccc3c(c2)C(=O)N(C2CCC(=O)NC2=O)C3=O)cc1. The van der Waals surface area contributed by atoms with Crippen LogP contribution in [-0.4, -0.2) is 81.0 Å². The van der Waals surface area contributed by atoms with E-state index in [2.05, 4.69) is 58.6 Å². The van der Waals surface area contributed by atoms with Crippen LogP contribution in [0.15, 0.2) is 79.0 Å². The van der Waals surface area contributed by atoms with Crippen LogP contribution in [0, 0.1) is 5.41 Å². The zero-order chi connectivity index (χ0) is 40.2. The maximum absolute atomic E-state index is 13.4. The summed E-state index contributed by atoms with van der Waals surface area (Å²) in [6.45, 7) is 6.53. The topological polar surface area (TPSA) is 163 Å². The van der Waals surface area contributed by atoms with Gasteiger partial charge in [0.05, 0.1) is 29.0 Å². The van der Waals surface area contributed by atoms with Crippen LogP contribution in [0.4, 0.5) is 11.6 Å². The normalized spacial score (nSPS) is 22.9. The molecule has 2 saturated heterocycles. The maximum Gasteiger partial charge on any atom is 0.262 e. The number of anilines is 2. The first-order chi connectivity index (χ1) is 27.9. The lowest BCUT2D eigenvalue weighted by atomic mass is 9.62. The number of nitrogens with one attached hydrogen (secondary N) is 2. The van der Waals surface area contributed by atoms with Gasteiger partial charge in [-0.1, -0.05) is 44.5 Å². The Morgan fingerprint density at radius 3 is 2.26 bits per heavy atom. The second-order valence-corrected chi connectivity index (χ2v) is 17.1. The van der Waals surface area contributed by atoms with Gasteiger partial charge in [0.2, 0.25) is 17.8 Å². The number of aliphatic hydroxyl groups is 1. The first-order valence-corrected chi connectivity index (χ1v) is 20.3. The fraction of sp³-hybridized carbons (Fsp3) is 0.422. The fourth-order valence-electron chi connectivity index (χ4n) is 9.31. The van der Waals surface area contributed by atoms with E-state index in [1.165, 1.54) is 0 Å². The van der Waals surface area contributed by atoms with E-state index in [1.54, 1.807) is 24.4 Å². The van der Waals surface area contributed by atoms with Gasteiger partial charge in [-0.25, -0.2) is 9.97 Å². The van der Waals surface area contributed by atoms with E-state index >= 15 is 0 Å². The molecule has 13 heteroatoms. The minimum Gasteiger partial charge on any atom is -0.488 e.